The zero-order valence-corrected chi connectivity index (χ0v) is 13.1. The minimum absolute atomic E-state index is 0.00577. The normalized spacial score (nSPS) is 10.6. The molecule has 122 valence electrons. The lowest BCUT2D eigenvalue weighted by molar-refractivity contribution is -0.142. The fourth-order valence-corrected chi connectivity index (χ4v) is 2.04. The molecule has 1 N–H and O–H groups in total. The summed E-state index contributed by atoms with van der Waals surface area (Å²) in [7, 11) is 0. The van der Waals surface area contributed by atoms with Crippen LogP contribution in [0.4, 0.5) is 5.82 Å². The van der Waals surface area contributed by atoms with Gasteiger partial charge in [0.15, 0.2) is 11.6 Å². The summed E-state index contributed by atoms with van der Waals surface area (Å²) in [6, 6.07) is 7.28. The average molecular weight is 326 g/mol. The third-order valence-corrected chi connectivity index (χ3v) is 3.03. The van der Waals surface area contributed by atoms with Gasteiger partial charge in [-0.1, -0.05) is 17.3 Å². The highest BCUT2D eigenvalue weighted by molar-refractivity contribution is 5.91. The van der Waals surface area contributed by atoms with Crippen LogP contribution in [0.3, 0.4) is 0 Å². The second kappa shape index (κ2) is 6.41. The van der Waals surface area contributed by atoms with Gasteiger partial charge in [-0.15, -0.1) is 5.10 Å². The van der Waals surface area contributed by atoms with Crippen molar-refractivity contribution in [1.82, 2.24) is 25.0 Å². The number of hydrogen-bond donors (Lipinski definition) is 1. The van der Waals surface area contributed by atoms with Gasteiger partial charge >= 0.3 is 5.97 Å². The number of aromatic nitrogens is 5. The molecule has 3 aromatic rings. The van der Waals surface area contributed by atoms with Crippen molar-refractivity contribution in [3.63, 3.8) is 0 Å². The minimum atomic E-state index is -0.408. The highest BCUT2D eigenvalue weighted by atomic mass is 16.5. The first-order valence-corrected chi connectivity index (χ1v) is 7.12. The SMILES string of the molecule is CC(=O)Nc1nc2ccccc2nc1-n1cc(COC(C)=O)nn1. The van der Waals surface area contributed by atoms with E-state index in [1.165, 1.54) is 18.5 Å². The van der Waals surface area contributed by atoms with Gasteiger partial charge in [0.05, 0.1) is 17.2 Å². The molecule has 2 aromatic heterocycles. The van der Waals surface area contributed by atoms with Gasteiger partial charge in [0.25, 0.3) is 0 Å². The molecule has 9 heteroatoms. The van der Waals surface area contributed by atoms with Crippen molar-refractivity contribution in [3.05, 3.63) is 36.2 Å². The molecular formula is C15H14N6O3. The van der Waals surface area contributed by atoms with E-state index >= 15 is 0 Å². The maximum absolute atomic E-state index is 11.4. The number of anilines is 1. The van der Waals surface area contributed by atoms with Crippen LogP contribution in [0.25, 0.3) is 16.9 Å². The summed E-state index contributed by atoms with van der Waals surface area (Å²) in [6.45, 7) is 2.70. The van der Waals surface area contributed by atoms with E-state index in [4.69, 9.17) is 4.74 Å². The Bertz CT molecular complexity index is 920. The van der Waals surface area contributed by atoms with Crippen LogP contribution in [0.5, 0.6) is 0 Å². The smallest absolute Gasteiger partial charge is 0.303 e. The number of esters is 1. The van der Waals surface area contributed by atoms with E-state index in [1.807, 2.05) is 12.1 Å². The Balaban J connectivity index is 2.03. The standard InChI is InChI=1S/C15H14N6O3/c1-9(22)16-14-15(18-13-6-4-3-5-12(13)17-14)21-7-11(19-20-21)8-24-10(2)23/h3-7H,8H2,1-2H3,(H,16,17,22). The second-order valence-corrected chi connectivity index (χ2v) is 5.00. The summed E-state index contributed by atoms with van der Waals surface area (Å²) in [5.41, 5.74) is 1.75. The van der Waals surface area contributed by atoms with E-state index in [-0.39, 0.29) is 18.3 Å². The molecule has 3 rings (SSSR count). The van der Waals surface area contributed by atoms with Gasteiger partial charge in [-0.2, -0.15) is 4.68 Å². The number of benzene rings is 1. The maximum Gasteiger partial charge on any atom is 0.303 e. The van der Waals surface area contributed by atoms with Crippen LogP contribution >= 0.6 is 0 Å². The first-order valence-electron chi connectivity index (χ1n) is 7.12. The van der Waals surface area contributed by atoms with Gasteiger partial charge in [0, 0.05) is 13.8 Å². The molecule has 0 spiro atoms. The van der Waals surface area contributed by atoms with E-state index in [2.05, 4.69) is 25.6 Å². The fourth-order valence-electron chi connectivity index (χ4n) is 2.04. The topological polar surface area (TPSA) is 112 Å². The minimum Gasteiger partial charge on any atom is -0.459 e. The van der Waals surface area contributed by atoms with E-state index < -0.39 is 5.97 Å². The zero-order valence-electron chi connectivity index (χ0n) is 13.1. The lowest BCUT2D eigenvalue weighted by Crippen LogP contribution is -2.13. The quantitative estimate of drug-likeness (QED) is 0.718. The van der Waals surface area contributed by atoms with Gasteiger partial charge < -0.3 is 10.1 Å². The number of fused-ring (bicyclic) bond motifs is 1. The molecule has 0 saturated heterocycles. The maximum atomic E-state index is 11.4. The number of ether oxygens (including phenoxy) is 1. The molecule has 0 bridgehead atoms. The van der Waals surface area contributed by atoms with E-state index in [0.29, 0.717) is 22.5 Å². The predicted molar refractivity (Wildman–Crippen MR) is 84.2 cm³/mol. The first-order chi connectivity index (χ1) is 11.5. The van der Waals surface area contributed by atoms with Crippen molar-refractivity contribution < 1.29 is 14.3 Å². The zero-order chi connectivity index (χ0) is 17.1. The van der Waals surface area contributed by atoms with E-state index in [9.17, 15) is 9.59 Å². The van der Waals surface area contributed by atoms with E-state index in [1.54, 1.807) is 18.3 Å². The molecule has 0 fully saturated rings. The summed E-state index contributed by atoms with van der Waals surface area (Å²) < 4.78 is 6.26. The van der Waals surface area contributed by atoms with Gasteiger partial charge in [-0.3, -0.25) is 9.59 Å². The molecule has 0 aliphatic heterocycles. The van der Waals surface area contributed by atoms with Crippen molar-refractivity contribution in [2.24, 2.45) is 0 Å². The Labute approximate surface area is 136 Å². The summed E-state index contributed by atoms with van der Waals surface area (Å²) >= 11 is 0. The molecule has 0 atom stereocenters. The highest BCUT2D eigenvalue weighted by Gasteiger charge is 2.14. The highest BCUT2D eigenvalue weighted by Crippen LogP contribution is 2.20. The van der Waals surface area contributed by atoms with Crippen LogP contribution in [0.15, 0.2) is 30.5 Å². The molecule has 0 saturated carbocycles. The third-order valence-electron chi connectivity index (χ3n) is 3.03. The van der Waals surface area contributed by atoms with Crippen molar-refractivity contribution in [3.8, 4) is 5.82 Å². The number of hydrogen-bond acceptors (Lipinski definition) is 7. The third kappa shape index (κ3) is 3.35. The van der Waals surface area contributed by atoms with Gasteiger partial charge in [0.2, 0.25) is 5.91 Å². The fraction of sp³-hybridized carbons (Fsp3) is 0.200. The van der Waals surface area contributed by atoms with Crippen LogP contribution in [0.2, 0.25) is 0 Å². The molecule has 9 nitrogen and oxygen atoms in total. The molecule has 24 heavy (non-hydrogen) atoms. The monoisotopic (exact) mass is 326 g/mol. The molecule has 1 amide bonds. The number of carbonyl (C=O) groups is 2. The largest absolute Gasteiger partial charge is 0.459 e. The molecule has 1 aromatic carbocycles. The van der Waals surface area contributed by atoms with Crippen molar-refractivity contribution in [1.29, 1.82) is 0 Å². The Hall–Kier alpha value is -3.36. The van der Waals surface area contributed by atoms with Crippen LogP contribution < -0.4 is 5.32 Å². The molecule has 0 unspecified atom stereocenters. The molecule has 2 heterocycles. The number of amides is 1. The van der Waals surface area contributed by atoms with Crippen LogP contribution in [-0.4, -0.2) is 36.8 Å². The number of rotatable bonds is 4. The molecule has 0 aliphatic rings. The number of nitrogens with one attached hydrogen (secondary N) is 1. The van der Waals surface area contributed by atoms with E-state index in [0.717, 1.165) is 0 Å². The lowest BCUT2D eigenvalue weighted by atomic mass is 10.3. The molecule has 0 aliphatic carbocycles. The van der Waals surface area contributed by atoms with Gasteiger partial charge in [-0.05, 0) is 12.1 Å². The van der Waals surface area contributed by atoms with Gasteiger partial charge in [0.1, 0.15) is 12.3 Å². The predicted octanol–water partition coefficient (Wildman–Crippen LogP) is 1.23. The Morgan fingerprint density at radius 2 is 1.88 bits per heavy atom. The second-order valence-electron chi connectivity index (χ2n) is 5.00. The molecular weight excluding hydrogens is 312 g/mol. The number of carbonyl (C=O) groups excluding carboxylic acids is 2. The summed E-state index contributed by atoms with van der Waals surface area (Å²) in [4.78, 5) is 31.2. The Morgan fingerprint density at radius 1 is 1.17 bits per heavy atom. The van der Waals surface area contributed by atoms with Crippen LogP contribution in [0.1, 0.15) is 19.5 Å². The summed E-state index contributed by atoms with van der Waals surface area (Å²) in [6.07, 6.45) is 1.56. The average Bonchev–Trinajstić information content (AvgIpc) is 3.00. The van der Waals surface area contributed by atoms with Crippen molar-refractivity contribution in [2.75, 3.05) is 5.32 Å². The van der Waals surface area contributed by atoms with Crippen LogP contribution in [-0.2, 0) is 20.9 Å². The molecule has 0 radical (unpaired) electrons. The van der Waals surface area contributed by atoms with Crippen molar-refractivity contribution in [2.45, 2.75) is 20.5 Å². The Morgan fingerprint density at radius 3 is 2.54 bits per heavy atom. The van der Waals surface area contributed by atoms with Gasteiger partial charge in [-0.25, -0.2) is 9.97 Å². The summed E-state index contributed by atoms with van der Waals surface area (Å²) in [5, 5.41) is 10.5. The van der Waals surface area contributed by atoms with Crippen molar-refractivity contribution >= 4 is 28.7 Å². The van der Waals surface area contributed by atoms with Crippen LogP contribution in [0, 0.1) is 0 Å². The summed E-state index contributed by atoms with van der Waals surface area (Å²) in [5.74, 6) is -0.0920. The Kier molecular flexibility index (Phi) is 4.15. The number of para-hydroxylation sites is 2. The lowest BCUT2D eigenvalue weighted by Gasteiger charge is -2.09. The first kappa shape index (κ1) is 15.5. The number of nitrogens with zero attached hydrogens (tertiary/aromatic N) is 5.